The molecule has 27 heavy (non-hydrogen) atoms. The number of furan rings is 1. The number of fused-ring (bicyclic) bond motifs is 1. The number of aryl methyl sites for hydroxylation is 1. The number of ketones is 1. The van der Waals surface area contributed by atoms with E-state index in [1.54, 1.807) is 6.26 Å². The molecule has 6 rings (SSSR count). The van der Waals surface area contributed by atoms with Gasteiger partial charge in [-0.25, -0.2) is 0 Å². The lowest BCUT2D eigenvalue weighted by molar-refractivity contribution is -0.157. The third-order valence-electron chi connectivity index (χ3n) is 7.14. The van der Waals surface area contributed by atoms with Crippen LogP contribution in [0.5, 0.6) is 0 Å². The average molecular weight is 366 g/mol. The van der Waals surface area contributed by atoms with Crippen LogP contribution in [0.25, 0.3) is 11.0 Å². The first-order chi connectivity index (χ1) is 13.0. The van der Waals surface area contributed by atoms with E-state index in [9.17, 15) is 9.59 Å². The second-order valence-corrected chi connectivity index (χ2v) is 9.22. The van der Waals surface area contributed by atoms with Gasteiger partial charge in [0.25, 0.3) is 0 Å². The van der Waals surface area contributed by atoms with Gasteiger partial charge in [0.05, 0.1) is 12.7 Å². The first-order valence-electron chi connectivity index (χ1n) is 10.2. The van der Waals surface area contributed by atoms with Crippen LogP contribution in [0, 0.1) is 30.1 Å². The van der Waals surface area contributed by atoms with Crippen molar-refractivity contribution in [2.75, 3.05) is 6.61 Å². The molecule has 2 aromatic rings. The zero-order valence-electron chi connectivity index (χ0n) is 15.8. The maximum Gasteiger partial charge on any atom is 0.310 e. The van der Waals surface area contributed by atoms with Crippen molar-refractivity contribution < 1.29 is 18.7 Å². The van der Waals surface area contributed by atoms with Crippen LogP contribution in [0.1, 0.15) is 49.7 Å². The SMILES string of the molecule is Cc1ccc2c(CC(=O)OCC(=O)C34CC5CC(CC(C5)C3)C4)coc2c1. The number of carbonyl (C=O) groups excluding carboxylic acids is 2. The van der Waals surface area contributed by atoms with Crippen molar-refractivity contribution in [3.8, 4) is 0 Å². The van der Waals surface area contributed by atoms with Gasteiger partial charge in [-0.15, -0.1) is 0 Å². The summed E-state index contributed by atoms with van der Waals surface area (Å²) in [6.45, 7) is 1.94. The molecule has 4 fully saturated rings. The van der Waals surface area contributed by atoms with Crippen molar-refractivity contribution in [1.82, 2.24) is 0 Å². The third kappa shape index (κ3) is 2.99. The molecule has 142 valence electrons. The minimum Gasteiger partial charge on any atom is -0.464 e. The molecule has 0 unspecified atom stereocenters. The monoisotopic (exact) mass is 366 g/mol. The Morgan fingerprint density at radius 3 is 2.44 bits per heavy atom. The summed E-state index contributed by atoms with van der Waals surface area (Å²) in [5.41, 5.74) is 2.52. The van der Waals surface area contributed by atoms with Crippen molar-refractivity contribution in [3.05, 3.63) is 35.6 Å². The standard InChI is InChI=1S/C23H26O4/c1-14-2-3-19-18(12-26-20(19)4-14)8-22(25)27-13-21(24)23-9-15-5-16(10-23)7-17(6-15)11-23/h2-4,12,15-17H,5-11,13H2,1H3. The molecule has 4 aliphatic rings. The second-order valence-electron chi connectivity index (χ2n) is 9.22. The summed E-state index contributed by atoms with van der Waals surface area (Å²) < 4.78 is 11.0. The van der Waals surface area contributed by atoms with Crippen LogP contribution in [0.3, 0.4) is 0 Å². The number of esters is 1. The molecule has 0 atom stereocenters. The molecule has 4 aliphatic carbocycles. The largest absolute Gasteiger partial charge is 0.464 e. The van der Waals surface area contributed by atoms with Crippen LogP contribution >= 0.6 is 0 Å². The summed E-state index contributed by atoms with van der Waals surface area (Å²) in [5.74, 6) is 1.96. The first-order valence-corrected chi connectivity index (χ1v) is 10.2. The van der Waals surface area contributed by atoms with E-state index in [0.717, 1.165) is 59.1 Å². The van der Waals surface area contributed by atoms with Gasteiger partial charge in [-0.2, -0.15) is 0 Å². The highest BCUT2D eigenvalue weighted by Crippen LogP contribution is 2.60. The maximum absolute atomic E-state index is 13.0. The molecule has 0 saturated heterocycles. The van der Waals surface area contributed by atoms with Crippen molar-refractivity contribution >= 4 is 22.7 Å². The Morgan fingerprint density at radius 1 is 1.11 bits per heavy atom. The van der Waals surface area contributed by atoms with Crippen LogP contribution in [-0.4, -0.2) is 18.4 Å². The van der Waals surface area contributed by atoms with Crippen LogP contribution in [-0.2, 0) is 20.7 Å². The number of hydrogen-bond acceptors (Lipinski definition) is 4. The van der Waals surface area contributed by atoms with Gasteiger partial charge in [-0.05, 0) is 74.8 Å². The smallest absolute Gasteiger partial charge is 0.310 e. The molecule has 1 aromatic carbocycles. The van der Waals surface area contributed by atoms with Crippen LogP contribution in [0.2, 0.25) is 0 Å². The molecule has 1 heterocycles. The summed E-state index contributed by atoms with van der Waals surface area (Å²) in [7, 11) is 0. The molecule has 0 radical (unpaired) electrons. The van der Waals surface area contributed by atoms with E-state index in [4.69, 9.17) is 9.15 Å². The van der Waals surface area contributed by atoms with E-state index in [1.165, 1.54) is 19.3 Å². The minimum atomic E-state index is -0.351. The number of carbonyl (C=O) groups is 2. The van der Waals surface area contributed by atoms with Crippen molar-refractivity contribution in [2.24, 2.45) is 23.2 Å². The van der Waals surface area contributed by atoms with Gasteiger partial charge in [0.15, 0.2) is 12.4 Å². The molecular weight excluding hydrogens is 340 g/mol. The van der Waals surface area contributed by atoms with E-state index >= 15 is 0 Å². The number of benzene rings is 1. The summed E-state index contributed by atoms with van der Waals surface area (Å²) in [4.78, 5) is 25.3. The molecule has 0 amide bonds. The number of rotatable bonds is 5. The van der Waals surface area contributed by atoms with Gasteiger partial charge in [-0.1, -0.05) is 12.1 Å². The van der Waals surface area contributed by atoms with Gasteiger partial charge in [0, 0.05) is 16.4 Å². The lowest BCUT2D eigenvalue weighted by Gasteiger charge is -2.55. The fourth-order valence-corrected chi connectivity index (χ4v) is 6.29. The zero-order valence-corrected chi connectivity index (χ0v) is 15.8. The predicted molar refractivity (Wildman–Crippen MR) is 101 cm³/mol. The molecule has 4 saturated carbocycles. The molecule has 0 aliphatic heterocycles. The number of Topliss-reactive ketones (excluding diaryl/α,β-unsaturated/α-hetero) is 1. The average Bonchev–Trinajstić information content (AvgIpc) is 3.00. The number of hydrogen-bond donors (Lipinski definition) is 0. The van der Waals surface area contributed by atoms with Crippen molar-refractivity contribution in [1.29, 1.82) is 0 Å². The molecule has 1 aromatic heterocycles. The highest BCUT2D eigenvalue weighted by atomic mass is 16.5. The van der Waals surface area contributed by atoms with Crippen LogP contribution < -0.4 is 0 Å². The van der Waals surface area contributed by atoms with Crippen LogP contribution in [0.15, 0.2) is 28.9 Å². The molecule has 4 bridgehead atoms. The van der Waals surface area contributed by atoms with Gasteiger partial charge >= 0.3 is 5.97 Å². The fourth-order valence-electron chi connectivity index (χ4n) is 6.29. The van der Waals surface area contributed by atoms with Gasteiger partial charge in [0.2, 0.25) is 0 Å². The van der Waals surface area contributed by atoms with Gasteiger partial charge < -0.3 is 9.15 Å². The van der Waals surface area contributed by atoms with Gasteiger partial charge in [0.1, 0.15) is 5.58 Å². The third-order valence-corrected chi connectivity index (χ3v) is 7.14. The Balaban J connectivity index is 1.22. The Morgan fingerprint density at radius 2 is 1.78 bits per heavy atom. The minimum absolute atomic E-state index is 0.0696. The Kier molecular flexibility index (Phi) is 3.92. The van der Waals surface area contributed by atoms with E-state index in [1.807, 2.05) is 25.1 Å². The summed E-state index contributed by atoms with van der Waals surface area (Å²) in [6.07, 6.45) is 8.72. The predicted octanol–water partition coefficient (Wildman–Crippen LogP) is 4.61. The number of ether oxygens (including phenoxy) is 1. The topological polar surface area (TPSA) is 56.5 Å². The Labute approximate surface area is 159 Å². The lowest BCUT2D eigenvalue weighted by atomic mass is 9.48. The van der Waals surface area contributed by atoms with E-state index < -0.39 is 0 Å². The van der Waals surface area contributed by atoms with E-state index in [-0.39, 0.29) is 30.2 Å². The summed E-state index contributed by atoms with van der Waals surface area (Å²) >= 11 is 0. The Hall–Kier alpha value is -2.10. The fraction of sp³-hybridized carbons (Fsp3) is 0.565. The van der Waals surface area contributed by atoms with E-state index in [2.05, 4.69) is 0 Å². The van der Waals surface area contributed by atoms with Gasteiger partial charge in [-0.3, -0.25) is 9.59 Å². The highest BCUT2D eigenvalue weighted by Gasteiger charge is 2.54. The highest BCUT2D eigenvalue weighted by molar-refractivity contribution is 5.90. The normalized spacial score (nSPS) is 31.4. The first kappa shape index (κ1) is 17.0. The maximum atomic E-state index is 13.0. The summed E-state index contributed by atoms with van der Waals surface area (Å²) in [5, 5.41) is 0.935. The summed E-state index contributed by atoms with van der Waals surface area (Å²) in [6, 6.07) is 5.93. The van der Waals surface area contributed by atoms with Crippen LogP contribution in [0.4, 0.5) is 0 Å². The lowest BCUT2D eigenvalue weighted by Crippen LogP contribution is -2.51. The second kappa shape index (κ2) is 6.22. The molecule has 4 nitrogen and oxygen atoms in total. The Bertz CT molecular complexity index is 871. The quantitative estimate of drug-likeness (QED) is 0.725. The van der Waals surface area contributed by atoms with E-state index in [0.29, 0.717) is 0 Å². The molecule has 4 heteroatoms. The molecule has 0 N–H and O–H groups in total. The zero-order chi connectivity index (χ0) is 18.6. The molecule has 0 spiro atoms. The van der Waals surface area contributed by atoms with Crippen molar-refractivity contribution in [2.45, 2.75) is 51.9 Å². The van der Waals surface area contributed by atoms with Crippen molar-refractivity contribution in [3.63, 3.8) is 0 Å². The molecular formula is C23H26O4.